The van der Waals surface area contributed by atoms with E-state index in [-0.39, 0.29) is 17.7 Å². The Morgan fingerprint density at radius 2 is 2.11 bits per heavy atom. The van der Waals surface area contributed by atoms with Gasteiger partial charge in [0.15, 0.2) is 0 Å². The number of hydrogen-bond acceptors (Lipinski definition) is 3. The maximum Gasteiger partial charge on any atom is 0.253 e. The molecule has 4 heteroatoms. The van der Waals surface area contributed by atoms with E-state index in [1.54, 1.807) is 0 Å². The summed E-state index contributed by atoms with van der Waals surface area (Å²) >= 11 is 0. The van der Waals surface area contributed by atoms with Gasteiger partial charge < -0.3 is 10.4 Å². The number of nitrogens with zero attached hydrogens (tertiary/aromatic N) is 1. The Kier molecular flexibility index (Phi) is 4.77. The van der Waals surface area contributed by atoms with Gasteiger partial charge >= 0.3 is 0 Å². The molecule has 1 saturated carbocycles. The molecule has 0 aromatic carbocycles. The smallest absolute Gasteiger partial charge is 0.253 e. The molecule has 2 rings (SSSR count). The number of pyridine rings is 1. The molecule has 104 valence electrons. The van der Waals surface area contributed by atoms with Crippen molar-refractivity contribution in [3.8, 4) is 5.75 Å². The topological polar surface area (TPSA) is 62.2 Å². The molecule has 0 radical (unpaired) electrons. The van der Waals surface area contributed by atoms with Crippen molar-refractivity contribution in [1.29, 1.82) is 0 Å². The van der Waals surface area contributed by atoms with Crippen molar-refractivity contribution in [2.24, 2.45) is 5.92 Å². The lowest BCUT2D eigenvalue weighted by Crippen LogP contribution is -2.37. The average Bonchev–Trinajstić information content (AvgIpc) is 2.41. The molecule has 19 heavy (non-hydrogen) atoms. The van der Waals surface area contributed by atoms with Crippen LogP contribution in [0.1, 0.15) is 55.8 Å². The van der Waals surface area contributed by atoms with Gasteiger partial charge in [-0.05, 0) is 37.7 Å². The van der Waals surface area contributed by atoms with Crippen molar-refractivity contribution in [2.45, 2.75) is 51.5 Å². The fourth-order valence-electron chi connectivity index (χ4n) is 2.82. The van der Waals surface area contributed by atoms with E-state index < -0.39 is 0 Å². The number of aromatic hydroxyl groups is 1. The van der Waals surface area contributed by atoms with Gasteiger partial charge in [0.1, 0.15) is 5.75 Å². The summed E-state index contributed by atoms with van der Waals surface area (Å²) in [6.45, 7) is 2.22. The van der Waals surface area contributed by atoms with Gasteiger partial charge in [0.25, 0.3) is 5.91 Å². The van der Waals surface area contributed by atoms with E-state index >= 15 is 0 Å². The molecule has 0 atom stereocenters. The molecular formula is C15H22N2O2. The van der Waals surface area contributed by atoms with Gasteiger partial charge in [-0.15, -0.1) is 0 Å². The first-order valence-corrected chi connectivity index (χ1v) is 7.14. The number of carbonyl (C=O) groups excluding carboxylic acids is 1. The first kappa shape index (κ1) is 13.8. The second kappa shape index (κ2) is 6.55. The molecule has 0 bridgehead atoms. The summed E-state index contributed by atoms with van der Waals surface area (Å²) in [5.74, 6) is 0.724. The van der Waals surface area contributed by atoms with Crippen LogP contribution in [-0.2, 0) is 0 Å². The van der Waals surface area contributed by atoms with E-state index in [0.717, 1.165) is 18.8 Å². The molecule has 1 fully saturated rings. The molecule has 1 aromatic rings. The van der Waals surface area contributed by atoms with E-state index in [1.807, 2.05) is 0 Å². The molecule has 1 heterocycles. The molecule has 1 aromatic heterocycles. The number of nitrogens with one attached hydrogen (secondary N) is 1. The van der Waals surface area contributed by atoms with Crippen molar-refractivity contribution < 1.29 is 9.90 Å². The highest BCUT2D eigenvalue weighted by Gasteiger charge is 2.22. The fraction of sp³-hybridized carbons (Fsp3) is 0.600. The Morgan fingerprint density at radius 1 is 1.37 bits per heavy atom. The lowest BCUT2D eigenvalue weighted by Gasteiger charge is -2.28. The highest BCUT2D eigenvalue weighted by Crippen LogP contribution is 2.27. The normalized spacial score (nSPS) is 23.0. The van der Waals surface area contributed by atoms with Crippen LogP contribution in [0.15, 0.2) is 18.5 Å². The number of aromatic nitrogens is 1. The first-order chi connectivity index (χ1) is 9.19. The van der Waals surface area contributed by atoms with Gasteiger partial charge in [-0.1, -0.05) is 19.8 Å². The Labute approximate surface area is 114 Å². The molecule has 0 spiro atoms. The maximum atomic E-state index is 12.0. The van der Waals surface area contributed by atoms with Crippen molar-refractivity contribution in [1.82, 2.24) is 10.3 Å². The van der Waals surface area contributed by atoms with Crippen LogP contribution in [0, 0.1) is 5.92 Å². The van der Waals surface area contributed by atoms with Gasteiger partial charge in [-0.3, -0.25) is 9.78 Å². The predicted octanol–water partition coefficient (Wildman–Crippen LogP) is 2.88. The van der Waals surface area contributed by atoms with Crippen LogP contribution in [0.5, 0.6) is 5.75 Å². The predicted molar refractivity (Wildman–Crippen MR) is 74.0 cm³/mol. The maximum absolute atomic E-state index is 12.0. The molecule has 2 N–H and O–H groups in total. The van der Waals surface area contributed by atoms with Crippen LogP contribution < -0.4 is 5.32 Å². The highest BCUT2D eigenvalue weighted by molar-refractivity contribution is 5.94. The summed E-state index contributed by atoms with van der Waals surface area (Å²) in [7, 11) is 0. The van der Waals surface area contributed by atoms with Gasteiger partial charge in [0.2, 0.25) is 0 Å². The summed E-state index contributed by atoms with van der Waals surface area (Å²) in [6.07, 6.45) is 9.89. The van der Waals surface area contributed by atoms with Crippen LogP contribution in [0.4, 0.5) is 0 Å². The van der Waals surface area contributed by atoms with E-state index in [0.29, 0.717) is 5.56 Å². The van der Waals surface area contributed by atoms with Crippen molar-refractivity contribution in [3.05, 3.63) is 24.0 Å². The third kappa shape index (κ3) is 3.94. The Morgan fingerprint density at radius 3 is 2.74 bits per heavy atom. The summed E-state index contributed by atoms with van der Waals surface area (Å²) in [6, 6.07) is 1.72. The van der Waals surface area contributed by atoms with Crippen LogP contribution in [-0.4, -0.2) is 22.0 Å². The second-order valence-electron chi connectivity index (χ2n) is 5.41. The minimum atomic E-state index is -0.137. The van der Waals surface area contributed by atoms with E-state index in [9.17, 15) is 9.90 Å². The van der Waals surface area contributed by atoms with Crippen molar-refractivity contribution >= 4 is 5.91 Å². The second-order valence-corrected chi connectivity index (χ2v) is 5.41. The zero-order valence-electron chi connectivity index (χ0n) is 11.4. The molecule has 0 saturated heterocycles. The molecule has 1 amide bonds. The largest absolute Gasteiger partial charge is 0.506 e. The monoisotopic (exact) mass is 262 g/mol. The fourth-order valence-corrected chi connectivity index (χ4v) is 2.82. The number of carbonyl (C=O) groups is 1. The number of rotatable bonds is 4. The van der Waals surface area contributed by atoms with Gasteiger partial charge in [0, 0.05) is 12.2 Å². The molecule has 1 aliphatic carbocycles. The van der Waals surface area contributed by atoms with Gasteiger partial charge in [-0.2, -0.15) is 0 Å². The third-order valence-corrected chi connectivity index (χ3v) is 3.86. The summed E-state index contributed by atoms with van der Waals surface area (Å²) in [5, 5.41) is 12.4. The van der Waals surface area contributed by atoms with Gasteiger partial charge in [0.05, 0.1) is 11.8 Å². The Bertz CT molecular complexity index is 426. The Balaban J connectivity index is 1.84. The minimum absolute atomic E-state index is 0.0271. The van der Waals surface area contributed by atoms with Crippen LogP contribution >= 0.6 is 0 Å². The van der Waals surface area contributed by atoms with E-state index in [2.05, 4.69) is 17.2 Å². The summed E-state index contributed by atoms with van der Waals surface area (Å²) in [5.41, 5.74) is 0.427. The van der Waals surface area contributed by atoms with Crippen molar-refractivity contribution in [3.63, 3.8) is 0 Å². The number of amides is 1. The van der Waals surface area contributed by atoms with Crippen molar-refractivity contribution in [2.75, 3.05) is 0 Å². The zero-order chi connectivity index (χ0) is 13.7. The highest BCUT2D eigenvalue weighted by atomic mass is 16.3. The number of hydrogen-bond donors (Lipinski definition) is 2. The third-order valence-electron chi connectivity index (χ3n) is 3.86. The summed E-state index contributed by atoms with van der Waals surface area (Å²) < 4.78 is 0. The quantitative estimate of drug-likeness (QED) is 0.877. The lowest BCUT2D eigenvalue weighted by molar-refractivity contribution is 0.0920. The zero-order valence-corrected chi connectivity index (χ0v) is 11.4. The SMILES string of the molecule is CCCC1CCC(NC(=O)c2cncc(O)c2)CC1. The van der Waals surface area contributed by atoms with Crippen LogP contribution in [0.2, 0.25) is 0 Å². The summed E-state index contributed by atoms with van der Waals surface area (Å²) in [4.78, 5) is 15.8. The standard InChI is InChI=1S/C15H22N2O2/c1-2-3-11-4-6-13(7-5-11)17-15(19)12-8-14(18)10-16-9-12/h8-11,13,18H,2-7H2,1H3,(H,17,19). The Hall–Kier alpha value is -1.58. The van der Waals surface area contributed by atoms with Crippen LogP contribution in [0.3, 0.4) is 0 Å². The minimum Gasteiger partial charge on any atom is -0.506 e. The molecule has 0 unspecified atom stereocenters. The van der Waals surface area contributed by atoms with E-state index in [1.165, 1.54) is 44.1 Å². The molecule has 4 nitrogen and oxygen atoms in total. The molecule has 0 aliphatic heterocycles. The lowest BCUT2D eigenvalue weighted by atomic mass is 9.83. The molecular weight excluding hydrogens is 240 g/mol. The molecule has 1 aliphatic rings. The average molecular weight is 262 g/mol. The first-order valence-electron chi connectivity index (χ1n) is 7.14. The van der Waals surface area contributed by atoms with E-state index in [4.69, 9.17) is 0 Å². The van der Waals surface area contributed by atoms with Crippen LogP contribution in [0.25, 0.3) is 0 Å². The van der Waals surface area contributed by atoms with Gasteiger partial charge in [-0.25, -0.2) is 0 Å².